The van der Waals surface area contributed by atoms with Crippen molar-refractivity contribution in [3.05, 3.63) is 72.9 Å². The first-order valence-corrected chi connectivity index (χ1v) is 28.0. The van der Waals surface area contributed by atoms with Crippen molar-refractivity contribution in [2.24, 2.45) is 0 Å². The third kappa shape index (κ3) is 51.8. The monoisotopic (exact) mass is 921 g/mol. The van der Waals surface area contributed by atoms with Gasteiger partial charge >= 0.3 is 17.9 Å². The molecule has 0 aromatic carbocycles. The Morgan fingerprint density at radius 2 is 0.636 bits per heavy atom. The summed E-state index contributed by atoms with van der Waals surface area (Å²) in [5.41, 5.74) is 0. The van der Waals surface area contributed by atoms with Crippen molar-refractivity contribution >= 4 is 17.9 Å². The highest BCUT2D eigenvalue weighted by molar-refractivity contribution is 5.71. The Labute approximate surface area is 408 Å². The first-order chi connectivity index (χ1) is 32.5. The zero-order valence-electron chi connectivity index (χ0n) is 43.4. The summed E-state index contributed by atoms with van der Waals surface area (Å²) >= 11 is 0. The van der Waals surface area contributed by atoms with E-state index in [-0.39, 0.29) is 31.1 Å². The minimum absolute atomic E-state index is 0.0866. The van der Waals surface area contributed by atoms with Gasteiger partial charge in [0.2, 0.25) is 0 Å². The molecule has 0 fully saturated rings. The summed E-state index contributed by atoms with van der Waals surface area (Å²) in [7, 11) is 0. The van der Waals surface area contributed by atoms with Crippen LogP contribution in [-0.2, 0) is 28.6 Å². The fourth-order valence-corrected chi connectivity index (χ4v) is 7.74. The maximum Gasteiger partial charge on any atom is 0.306 e. The number of rotatable bonds is 50. The van der Waals surface area contributed by atoms with E-state index < -0.39 is 6.10 Å². The zero-order valence-corrected chi connectivity index (χ0v) is 43.4. The van der Waals surface area contributed by atoms with E-state index in [0.29, 0.717) is 19.3 Å². The molecule has 1 atom stereocenters. The average Bonchev–Trinajstić information content (AvgIpc) is 3.31. The van der Waals surface area contributed by atoms with Gasteiger partial charge in [-0.1, -0.05) is 222 Å². The lowest BCUT2D eigenvalue weighted by atomic mass is 10.1. The normalized spacial score (nSPS) is 12.6. The standard InChI is InChI=1S/C60H104O6/c1-4-7-10-13-16-19-22-25-28-30-33-35-38-41-44-47-50-53-59(62)65-56-57(55-64-58(61)52-49-46-43-40-37-34-31-27-24-21-18-15-12-9-6-3)66-60(63)54-51-48-45-42-39-36-32-29-26-23-20-17-14-11-8-5-2/h8,11,17-18,20-21,24-29,57H,4-7,9-10,12-16,19,22-23,30-56H2,1-3H3/b11-8-,20-17-,21-18-,27-24-,28-25-,29-26-. The van der Waals surface area contributed by atoms with Gasteiger partial charge in [0.1, 0.15) is 13.2 Å². The van der Waals surface area contributed by atoms with Gasteiger partial charge in [-0.25, -0.2) is 0 Å². The summed E-state index contributed by atoms with van der Waals surface area (Å²) in [6.45, 7) is 6.48. The Morgan fingerprint density at radius 1 is 0.333 bits per heavy atom. The van der Waals surface area contributed by atoms with Crippen molar-refractivity contribution < 1.29 is 28.6 Å². The van der Waals surface area contributed by atoms with Gasteiger partial charge in [-0.2, -0.15) is 0 Å². The van der Waals surface area contributed by atoms with Gasteiger partial charge in [0, 0.05) is 19.3 Å². The average molecular weight is 921 g/mol. The molecule has 0 aromatic rings. The zero-order chi connectivity index (χ0) is 47.9. The summed E-state index contributed by atoms with van der Waals surface area (Å²) in [5.74, 6) is -0.909. The number of unbranched alkanes of at least 4 members (excludes halogenated alkanes) is 28. The van der Waals surface area contributed by atoms with Crippen LogP contribution in [0.15, 0.2) is 72.9 Å². The Balaban J connectivity index is 4.42. The predicted molar refractivity (Wildman–Crippen MR) is 284 cm³/mol. The van der Waals surface area contributed by atoms with E-state index >= 15 is 0 Å². The van der Waals surface area contributed by atoms with Gasteiger partial charge in [-0.15, -0.1) is 0 Å². The second-order valence-electron chi connectivity index (χ2n) is 18.5. The van der Waals surface area contributed by atoms with Crippen LogP contribution in [0.4, 0.5) is 0 Å². The molecule has 6 nitrogen and oxygen atoms in total. The summed E-state index contributed by atoms with van der Waals surface area (Å²) in [6, 6.07) is 0. The van der Waals surface area contributed by atoms with Gasteiger partial charge in [-0.05, 0) is 103 Å². The third-order valence-electron chi connectivity index (χ3n) is 11.9. The molecule has 0 radical (unpaired) electrons. The third-order valence-corrected chi connectivity index (χ3v) is 11.9. The lowest BCUT2D eigenvalue weighted by Gasteiger charge is -2.18. The largest absolute Gasteiger partial charge is 0.462 e. The lowest BCUT2D eigenvalue weighted by Crippen LogP contribution is -2.30. The fourth-order valence-electron chi connectivity index (χ4n) is 7.74. The minimum atomic E-state index is -0.789. The molecule has 380 valence electrons. The van der Waals surface area contributed by atoms with Crippen molar-refractivity contribution in [1.82, 2.24) is 0 Å². The number of carbonyl (C=O) groups excluding carboxylic acids is 3. The highest BCUT2D eigenvalue weighted by atomic mass is 16.6. The van der Waals surface area contributed by atoms with Crippen LogP contribution in [0.3, 0.4) is 0 Å². The summed E-state index contributed by atoms with van der Waals surface area (Å²) < 4.78 is 16.8. The quantitative estimate of drug-likeness (QED) is 0.0199. The molecule has 0 aliphatic rings. The van der Waals surface area contributed by atoms with E-state index in [1.165, 1.54) is 135 Å². The van der Waals surface area contributed by atoms with E-state index in [0.717, 1.165) is 96.3 Å². The molecule has 0 amide bonds. The highest BCUT2D eigenvalue weighted by Crippen LogP contribution is 2.15. The van der Waals surface area contributed by atoms with Crippen LogP contribution < -0.4 is 0 Å². The van der Waals surface area contributed by atoms with Crippen molar-refractivity contribution in [3.63, 3.8) is 0 Å². The van der Waals surface area contributed by atoms with Crippen LogP contribution in [0.5, 0.6) is 0 Å². The first kappa shape index (κ1) is 62.8. The van der Waals surface area contributed by atoms with E-state index in [2.05, 4.69) is 93.7 Å². The number of allylic oxidation sites excluding steroid dienone is 12. The second kappa shape index (κ2) is 54.5. The molecule has 0 spiro atoms. The van der Waals surface area contributed by atoms with Crippen LogP contribution in [0.1, 0.15) is 271 Å². The molecule has 0 saturated heterocycles. The van der Waals surface area contributed by atoms with Gasteiger partial charge in [0.05, 0.1) is 0 Å². The molecule has 0 saturated carbocycles. The highest BCUT2D eigenvalue weighted by Gasteiger charge is 2.19. The second-order valence-corrected chi connectivity index (χ2v) is 18.5. The molecule has 1 unspecified atom stereocenters. The first-order valence-electron chi connectivity index (χ1n) is 28.0. The SMILES string of the molecule is CC/C=C\C/C=C\C/C=C\CCCCCCCCC(=O)OC(COC(=O)CCCCCCCC/C=C\C=C/CCCCC)COC(=O)CCCCCCCCC/C=C\CCCCCCCC. The van der Waals surface area contributed by atoms with Crippen LogP contribution >= 0.6 is 0 Å². The molecule has 6 heteroatoms. The van der Waals surface area contributed by atoms with Gasteiger partial charge in [-0.3, -0.25) is 14.4 Å². The van der Waals surface area contributed by atoms with Gasteiger partial charge in [0.25, 0.3) is 0 Å². The molecule has 66 heavy (non-hydrogen) atoms. The van der Waals surface area contributed by atoms with Gasteiger partial charge in [0.15, 0.2) is 6.10 Å². The summed E-state index contributed by atoms with van der Waals surface area (Å²) in [4.78, 5) is 38.1. The van der Waals surface area contributed by atoms with Crippen LogP contribution in [-0.4, -0.2) is 37.2 Å². The molecular weight excluding hydrogens is 817 g/mol. The summed E-state index contributed by atoms with van der Waals surface area (Å²) in [6.07, 6.45) is 68.8. The Hall–Kier alpha value is -3.15. The minimum Gasteiger partial charge on any atom is -0.462 e. The number of esters is 3. The molecule has 0 bridgehead atoms. The van der Waals surface area contributed by atoms with E-state index in [1.807, 2.05) is 0 Å². The van der Waals surface area contributed by atoms with Crippen LogP contribution in [0, 0.1) is 0 Å². The number of hydrogen-bond donors (Lipinski definition) is 0. The van der Waals surface area contributed by atoms with Crippen LogP contribution in [0.2, 0.25) is 0 Å². The fraction of sp³-hybridized carbons (Fsp3) is 0.750. The molecule has 0 heterocycles. The number of carbonyl (C=O) groups is 3. The van der Waals surface area contributed by atoms with E-state index in [4.69, 9.17) is 14.2 Å². The molecule has 0 aliphatic carbocycles. The van der Waals surface area contributed by atoms with Gasteiger partial charge < -0.3 is 14.2 Å². The number of hydrogen-bond acceptors (Lipinski definition) is 6. The van der Waals surface area contributed by atoms with E-state index in [9.17, 15) is 14.4 Å². The van der Waals surface area contributed by atoms with Crippen molar-refractivity contribution in [2.75, 3.05) is 13.2 Å². The molecule has 0 rings (SSSR count). The summed E-state index contributed by atoms with van der Waals surface area (Å²) in [5, 5.41) is 0. The Bertz CT molecular complexity index is 1240. The number of ether oxygens (including phenoxy) is 3. The maximum absolute atomic E-state index is 12.8. The lowest BCUT2D eigenvalue weighted by molar-refractivity contribution is -0.167. The smallest absolute Gasteiger partial charge is 0.306 e. The van der Waals surface area contributed by atoms with Crippen molar-refractivity contribution in [2.45, 2.75) is 277 Å². The molecule has 0 aliphatic heterocycles. The Morgan fingerprint density at radius 3 is 1.06 bits per heavy atom. The molecule has 0 aromatic heterocycles. The predicted octanol–water partition coefficient (Wildman–Crippen LogP) is 18.6. The molecular formula is C60H104O6. The van der Waals surface area contributed by atoms with Crippen LogP contribution in [0.25, 0.3) is 0 Å². The molecule has 0 N–H and O–H groups in total. The van der Waals surface area contributed by atoms with E-state index in [1.54, 1.807) is 0 Å². The van der Waals surface area contributed by atoms with Crippen molar-refractivity contribution in [3.8, 4) is 0 Å². The topological polar surface area (TPSA) is 78.9 Å². The van der Waals surface area contributed by atoms with Crippen molar-refractivity contribution in [1.29, 1.82) is 0 Å². The maximum atomic E-state index is 12.8. The Kier molecular flexibility index (Phi) is 51.9.